The first-order valence-electron chi connectivity index (χ1n) is 9.00. The van der Waals surface area contributed by atoms with E-state index in [4.69, 9.17) is 16.1 Å². The van der Waals surface area contributed by atoms with Crippen LogP contribution in [-0.2, 0) is 17.8 Å². The zero-order valence-electron chi connectivity index (χ0n) is 15.5. The molecule has 0 aliphatic carbocycles. The van der Waals surface area contributed by atoms with E-state index >= 15 is 0 Å². The van der Waals surface area contributed by atoms with E-state index in [0.717, 1.165) is 11.1 Å². The van der Waals surface area contributed by atoms with Gasteiger partial charge in [0.2, 0.25) is 5.91 Å². The van der Waals surface area contributed by atoms with Gasteiger partial charge in [-0.25, -0.2) is 0 Å². The number of hydrogen-bond donors (Lipinski definition) is 1. The molecule has 4 aromatic rings. The fraction of sp³-hybridized carbons (Fsp3) is 0.150. The van der Waals surface area contributed by atoms with Gasteiger partial charge in [0.05, 0.1) is 6.54 Å². The summed E-state index contributed by atoms with van der Waals surface area (Å²) in [6.07, 6.45) is 5.69. The molecule has 8 nitrogen and oxygen atoms in total. The topological polar surface area (TPSA) is 98.2 Å². The lowest BCUT2D eigenvalue weighted by Crippen LogP contribution is -2.21. The van der Waals surface area contributed by atoms with Gasteiger partial charge in [0.1, 0.15) is 0 Å². The van der Waals surface area contributed by atoms with Crippen molar-refractivity contribution in [1.29, 1.82) is 0 Å². The number of benzene rings is 1. The van der Waals surface area contributed by atoms with E-state index in [1.165, 1.54) is 6.08 Å². The lowest BCUT2D eigenvalue weighted by Gasteiger charge is -2.02. The van der Waals surface area contributed by atoms with Crippen molar-refractivity contribution in [2.45, 2.75) is 19.9 Å². The summed E-state index contributed by atoms with van der Waals surface area (Å²) in [4.78, 5) is 16.4. The molecule has 0 saturated heterocycles. The van der Waals surface area contributed by atoms with Crippen LogP contribution in [0.4, 0.5) is 0 Å². The zero-order chi connectivity index (χ0) is 20.2. The Morgan fingerprint density at radius 1 is 1.24 bits per heavy atom. The van der Waals surface area contributed by atoms with Gasteiger partial charge >= 0.3 is 0 Å². The standard InChI is InChI=1S/C20H17ClN6O2/c1-2-16-23-20(29-26-16)14-9-10-27-17(11-14)24-25-18(27)12-22-19(28)8-5-13-3-6-15(21)7-4-13/h3-11H,2,12H2,1H3,(H,22,28). The van der Waals surface area contributed by atoms with E-state index in [2.05, 4.69) is 25.7 Å². The van der Waals surface area contributed by atoms with Crippen molar-refractivity contribution in [3.05, 3.63) is 70.9 Å². The molecular formula is C20H17ClN6O2. The molecule has 1 N–H and O–H groups in total. The predicted octanol–water partition coefficient (Wildman–Crippen LogP) is 3.32. The van der Waals surface area contributed by atoms with Crippen LogP contribution in [0.3, 0.4) is 0 Å². The summed E-state index contributed by atoms with van der Waals surface area (Å²) in [5, 5.41) is 15.6. The minimum atomic E-state index is -0.230. The number of fused-ring (bicyclic) bond motifs is 1. The summed E-state index contributed by atoms with van der Waals surface area (Å²) in [5.41, 5.74) is 2.27. The molecule has 146 valence electrons. The van der Waals surface area contributed by atoms with Gasteiger partial charge in [-0.2, -0.15) is 4.98 Å². The second-order valence-electron chi connectivity index (χ2n) is 6.23. The molecule has 4 rings (SSSR count). The summed E-state index contributed by atoms with van der Waals surface area (Å²) in [5.74, 6) is 1.47. The molecule has 0 fully saturated rings. The SMILES string of the molecule is CCc1noc(-c2ccn3c(CNC(=O)C=Cc4ccc(Cl)cc4)nnc3c2)n1. The number of aromatic nitrogens is 5. The quantitative estimate of drug-likeness (QED) is 0.491. The molecule has 1 aromatic carbocycles. The first-order valence-corrected chi connectivity index (χ1v) is 9.38. The van der Waals surface area contributed by atoms with E-state index in [9.17, 15) is 4.79 Å². The monoisotopic (exact) mass is 408 g/mol. The van der Waals surface area contributed by atoms with Gasteiger partial charge in [0.15, 0.2) is 17.3 Å². The maximum Gasteiger partial charge on any atom is 0.258 e. The summed E-state index contributed by atoms with van der Waals surface area (Å²) < 4.78 is 7.05. The molecule has 29 heavy (non-hydrogen) atoms. The maximum atomic E-state index is 12.1. The average Bonchev–Trinajstić information content (AvgIpc) is 3.38. The van der Waals surface area contributed by atoms with Gasteiger partial charge in [-0.05, 0) is 35.9 Å². The fourth-order valence-electron chi connectivity index (χ4n) is 2.68. The summed E-state index contributed by atoms with van der Waals surface area (Å²) in [6, 6.07) is 10.9. The van der Waals surface area contributed by atoms with Gasteiger partial charge in [-0.1, -0.05) is 35.8 Å². The number of carbonyl (C=O) groups is 1. The normalized spacial score (nSPS) is 11.4. The van der Waals surface area contributed by atoms with Crippen molar-refractivity contribution in [1.82, 2.24) is 30.1 Å². The summed E-state index contributed by atoms with van der Waals surface area (Å²) in [7, 11) is 0. The second kappa shape index (κ2) is 8.24. The van der Waals surface area contributed by atoms with Gasteiger partial charge in [0.25, 0.3) is 5.89 Å². The Morgan fingerprint density at radius 2 is 2.07 bits per heavy atom. The van der Waals surface area contributed by atoms with Crippen molar-refractivity contribution in [2.75, 3.05) is 0 Å². The molecule has 1 amide bonds. The highest BCUT2D eigenvalue weighted by Gasteiger charge is 2.11. The van der Waals surface area contributed by atoms with Crippen LogP contribution in [0.1, 0.15) is 24.1 Å². The molecule has 0 spiro atoms. The molecule has 3 aromatic heterocycles. The Bertz CT molecular complexity index is 1180. The van der Waals surface area contributed by atoms with Crippen molar-refractivity contribution in [2.24, 2.45) is 0 Å². The Balaban J connectivity index is 1.43. The Kier molecular flexibility index (Phi) is 5.35. The van der Waals surface area contributed by atoms with Crippen molar-refractivity contribution >= 4 is 29.2 Å². The van der Waals surface area contributed by atoms with Crippen LogP contribution in [0.25, 0.3) is 23.2 Å². The highest BCUT2D eigenvalue weighted by atomic mass is 35.5. The average molecular weight is 409 g/mol. The van der Waals surface area contributed by atoms with Crippen molar-refractivity contribution < 1.29 is 9.32 Å². The van der Waals surface area contributed by atoms with Gasteiger partial charge in [-0.3, -0.25) is 9.20 Å². The van der Waals surface area contributed by atoms with Crippen LogP contribution in [0.5, 0.6) is 0 Å². The molecule has 0 bridgehead atoms. The maximum absolute atomic E-state index is 12.1. The number of amides is 1. The fourth-order valence-corrected chi connectivity index (χ4v) is 2.81. The van der Waals surface area contributed by atoms with E-state index in [1.807, 2.05) is 37.4 Å². The molecular weight excluding hydrogens is 392 g/mol. The number of hydrogen-bond acceptors (Lipinski definition) is 6. The summed E-state index contributed by atoms with van der Waals surface area (Å²) >= 11 is 5.85. The van der Waals surface area contributed by atoms with Crippen LogP contribution in [-0.4, -0.2) is 30.6 Å². The predicted molar refractivity (Wildman–Crippen MR) is 108 cm³/mol. The van der Waals surface area contributed by atoms with Crippen LogP contribution in [0.2, 0.25) is 5.02 Å². The number of carbonyl (C=O) groups excluding carboxylic acids is 1. The molecule has 0 aliphatic rings. The molecule has 3 heterocycles. The van der Waals surface area contributed by atoms with Gasteiger partial charge in [0, 0.05) is 29.3 Å². The Morgan fingerprint density at radius 3 is 2.83 bits per heavy atom. The summed E-state index contributed by atoms with van der Waals surface area (Å²) in [6.45, 7) is 2.20. The third kappa shape index (κ3) is 4.33. The lowest BCUT2D eigenvalue weighted by atomic mass is 10.2. The number of aryl methyl sites for hydroxylation is 1. The third-order valence-corrected chi connectivity index (χ3v) is 4.48. The Labute approximate surface area is 171 Å². The third-order valence-electron chi connectivity index (χ3n) is 4.23. The molecule has 0 atom stereocenters. The zero-order valence-corrected chi connectivity index (χ0v) is 16.3. The highest BCUT2D eigenvalue weighted by molar-refractivity contribution is 6.30. The van der Waals surface area contributed by atoms with Crippen LogP contribution in [0.15, 0.2) is 53.2 Å². The van der Waals surface area contributed by atoms with Crippen molar-refractivity contribution in [3.8, 4) is 11.5 Å². The number of nitrogens with zero attached hydrogens (tertiary/aromatic N) is 5. The van der Waals surface area contributed by atoms with E-state index in [-0.39, 0.29) is 12.5 Å². The second-order valence-corrected chi connectivity index (χ2v) is 6.67. The minimum absolute atomic E-state index is 0.230. The van der Waals surface area contributed by atoms with Crippen molar-refractivity contribution in [3.63, 3.8) is 0 Å². The Hall–Kier alpha value is -3.52. The smallest absolute Gasteiger partial charge is 0.258 e. The number of nitrogens with one attached hydrogen (secondary N) is 1. The lowest BCUT2D eigenvalue weighted by molar-refractivity contribution is -0.116. The van der Waals surface area contributed by atoms with Crippen LogP contribution in [0, 0.1) is 0 Å². The minimum Gasteiger partial charge on any atom is -0.345 e. The first kappa shape index (κ1) is 18.8. The largest absolute Gasteiger partial charge is 0.345 e. The highest BCUT2D eigenvalue weighted by Crippen LogP contribution is 2.19. The van der Waals surface area contributed by atoms with Crippen LogP contribution >= 0.6 is 11.6 Å². The molecule has 9 heteroatoms. The van der Waals surface area contributed by atoms with Gasteiger partial charge < -0.3 is 9.84 Å². The van der Waals surface area contributed by atoms with Gasteiger partial charge in [-0.15, -0.1) is 10.2 Å². The van der Waals surface area contributed by atoms with E-state index < -0.39 is 0 Å². The molecule has 0 aliphatic heterocycles. The number of halogens is 1. The van der Waals surface area contributed by atoms with E-state index in [0.29, 0.717) is 34.6 Å². The number of pyridine rings is 1. The molecule has 0 saturated carbocycles. The molecule has 0 unspecified atom stereocenters. The van der Waals surface area contributed by atoms with Crippen LogP contribution < -0.4 is 5.32 Å². The van der Waals surface area contributed by atoms with E-state index in [1.54, 1.807) is 22.6 Å². The molecule has 0 radical (unpaired) electrons. The first-order chi connectivity index (χ1) is 14.1. The number of rotatable bonds is 6.